The molecule has 7 nitrogen and oxygen atoms in total. The summed E-state index contributed by atoms with van der Waals surface area (Å²) in [5.74, 6) is -0.225. The number of rotatable bonds is 2. The topological polar surface area (TPSA) is 82.2 Å². The number of para-hydroxylation sites is 1. The van der Waals surface area contributed by atoms with E-state index >= 15 is 0 Å². The molecule has 1 aromatic carbocycles. The van der Waals surface area contributed by atoms with Crippen molar-refractivity contribution in [1.29, 1.82) is 0 Å². The Balaban J connectivity index is 1.46. The third kappa shape index (κ3) is 2.96. The second-order valence-corrected chi connectivity index (χ2v) is 6.83. The van der Waals surface area contributed by atoms with Crippen LogP contribution in [0.5, 0.6) is 0 Å². The van der Waals surface area contributed by atoms with Crippen molar-refractivity contribution in [2.24, 2.45) is 0 Å². The first-order valence-electron chi connectivity index (χ1n) is 8.26. The Bertz CT molecular complexity index is 964. The van der Waals surface area contributed by atoms with Crippen molar-refractivity contribution in [3.63, 3.8) is 0 Å². The minimum atomic E-state index is -0.156. The predicted octanol–water partition coefficient (Wildman–Crippen LogP) is 2.32. The minimum absolute atomic E-state index is 0.0697. The molecule has 8 heteroatoms. The summed E-state index contributed by atoms with van der Waals surface area (Å²) in [6.07, 6.45) is 4.49. The van der Waals surface area contributed by atoms with Gasteiger partial charge in [0.1, 0.15) is 11.4 Å². The molecule has 4 rings (SSSR count). The number of carbonyl (C=O) groups excluding carboxylic acids is 2. The van der Waals surface area contributed by atoms with Gasteiger partial charge in [-0.1, -0.05) is 18.2 Å². The maximum Gasteiger partial charge on any atom is 0.274 e. The molecule has 1 aliphatic rings. The lowest BCUT2D eigenvalue weighted by molar-refractivity contribution is 0.0529. The summed E-state index contributed by atoms with van der Waals surface area (Å²) in [5, 5.41) is 0.979. The van der Waals surface area contributed by atoms with Gasteiger partial charge in [-0.2, -0.15) is 0 Å². The second-order valence-electron chi connectivity index (χ2n) is 6.03. The summed E-state index contributed by atoms with van der Waals surface area (Å²) in [5.41, 5.74) is 1.78. The van der Waals surface area contributed by atoms with Gasteiger partial charge >= 0.3 is 0 Å². The second kappa shape index (κ2) is 6.87. The standard InChI is InChI=1S/C18H16BrN5O2/c19-15-12-3-1-2-4-13(12)22-16(15)18(26)24-9-7-23(8-10-24)17(25)14-11-20-5-6-21-14/h1-6,11,22H,7-10H2. The number of nitrogens with one attached hydrogen (secondary N) is 1. The molecule has 0 unspecified atom stereocenters. The maximum atomic E-state index is 12.9. The van der Waals surface area contributed by atoms with E-state index in [-0.39, 0.29) is 11.8 Å². The lowest BCUT2D eigenvalue weighted by atomic mass is 10.2. The van der Waals surface area contributed by atoms with Crippen LogP contribution in [0.15, 0.2) is 47.3 Å². The van der Waals surface area contributed by atoms with E-state index in [1.165, 1.54) is 18.6 Å². The van der Waals surface area contributed by atoms with Crippen LogP contribution in [0.4, 0.5) is 0 Å². The van der Waals surface area contributed by atoms with E-state index in [4.69, 9.17) is 0 Å². The summed E-state index contributed by atoms with van der Waals surface area (Å²) < 4.78 is 0.774. The Kier molecular flexibility index (Phi) is 4.42. The van der Waals surface area contributed by atoms with Crippen LogP contribution in [0.2, 0.25) is 0 Å². The van der Waals surface area contributed by atoms with Crippen molar-refractivity contribution in [2.45, 2.75) is 0 Å². The smallest absolute Gasteiger partial charge is 0.274 e. The summed E-state index contributed by atoms with van der Waals surface area (Å²) in [4.78, 5) is 39.9. The van der Waals surface area contributed by atoms with Crippen molar-refractivity contribution < 1.29 is 9.59 Å². The predicted molar refractivity (Wildman–Crippen MR) is 99.8 cm³/mol. The van der Waals surface area contributed by atoms with E-state index in [0.29, 0.717) is 37.6 Å². The molecule has 2 aromatic heterocycles. The van der Waals surface area contributed by atoms with Crippen LogP contribution < -0.4 is 0 Å². The molecule has 0 aliphatic carbocycles. The van der Waals surface area contributed by atoms with Crippen molar-refractivity contribution >= 4 is 38.6 Å². The highest BCUT2D eigenvalue weighted by Gasteiger charge is 2.28. The third-order valence-corrected chi connectivity index (χ3v) is 5.32. The molecule has 0 saturated carbocycles. The highest BCUT2D eigenvalue weighted by molar-refractivity contribution is 9.10. The van der Waals surface area contributed by atoms with Gasteiger partial charge < -0.3 is 14.8 Å². The largest absolute Gasteiger partial charge is 0.350 e. The quantitative estimate of drug-likeness (QED) is 0.698. The number of fused-ring (bicyclic) bond motifs is 1. The van der Waals surface area contributed by atoms with E-state index in [2.05, 4.69) is 30.9 Å². The number of aromatic amines is 1. The van der Waals surface area contributed by atoms with Crippen LogP contribution >= 0.6 is 15.9 Å². The number of amides is 2. The first-order chi connectivity index (χ1) is 12.6. The van der Waals surface area contributed by atoms with Gasteiger partial charge in [0.25, 0.3) is 11.8 Å². The molecular formula is C18H16BrN5O2. The average Bonchev–Trinajstić information content (AvgIpc) is 3.04. The highest BCUT2D eigenvalue weighted by atomic mass is 79.9. The fraction of sp³-hybridized carbons (Fsp3) is 0.222. The first kappa shape index (κ1) is 16.7. The van der Waals surface area contributed by atoms with Crippen LogP contribution in [0, 0.1) is 0 Å². The van der Waals surface area contributed by atoms with E-state index in [1.807, 2.05) is 24.3 Å². The molecule has 2 amide bonds. The van der Waals surface area contributed by atoms with Crippen molar-refractivity contribution in [3.8, 4) is 0 Å². The van der Waals surface area contributed by atoms with Crippen molar-refractivity contribution in [1.82, 2.24) is 24.8 Å². The van der Waals surface area contributed by atoms with Crippen LogP contribution in [0.25, 0.3) is 10.9 Å². The van der Waals surface area contributed by atoms with E-state index in [0.717, 1.165) is 15.4 Å². The Labute approximate surface area is 158 Å². The number of piperazine rings is 1. The molecule has 3 aromatic rings. The number of hydrogen-bond acceptors (Lipinski definition) is 4. The molecule has 0 radical (unpaired) electrons. The van der Waals surface area contributed by atoms with Gasteiger partial charge in [-0.05, 0) is 22.0 Å². The number of nitrogens with zero attached hydrogens (tertiary/aromatic N) is 4. The number of benzene rings is 1. The molecule has 0 bridgehead atoms. The lowest BCUT2D eigenvalue weighted by Crippen LogP contribution is -2.50. The summed E-state index contributed by atoms with van der Waals surface area (Å²) in [6, 6.07) is 7.76. The van der Waals surface area contributed by atoms with Gasteiger partial charge in [0.05, 0.1) is 10.7 Å². The number of hydrogen-bond donors (Lipinski definition) is 1. The van der Waals surface area contributed by atoms with Gasteiger partial charge in [0.2, 0.25) is 0 Å². The number of halogens is 1. The maximum absolute atomic E-state index is 12.9. The molecule has 1 saturated heterocycles. The van der Waals surface area contributed by atoms with Gasteiger partial charge in [-0.25, -0.2) is 4.98 Å². The number of carbonyl (C=O) groups is 2. The molecule has 26 heavy (non-hydrogen) atoms. The molecule has 0 spiro atoms. The monoisotopic (exact) mass is 413 g/mol. The summed E-state index contributed by atoms with van der Waals surface area (Å²) in [6.45, 7) is 1.90. The van der Waals surface area contributed by atoms with E-state index in [1.54, 1.807) is 9.80 Å². The molecule has 0 atom stereocenters. The lowest BCUT2D eigenvalue weighted by Gasteiger charge is -2.34. The first-order valence-corrected chi connectivity index (χ1v) is 9.05. The summed E-state index contributed by atoms with van der Waals surface area (Å²) >= 11 is 3.53. The highest BCUT2D eigenvalue weighted by Crippen LogP contribution is 2.28. The molecule has 132 valence electrons. The molecule has 1 aliphatic heterocycles. The van der Waals surface area contributed by atoms with Crippen LogP contribution in [0.3, 0.4) is 0 Å². The zero-order chi connectivity index (χ0) is 18.1. The summed E-state index contributed by atoms with van der Waals surface area (Å²) in [7, 11) is 0. The number of aromatic nitrogens is 3. The molecule has 1 fully saturated rings. The Morgan fingerprint density at radius 2 is 1.69 bits per heavy atom. The van der Waals surface area contributed by atoms with Crippen molar-refractivity contribution in [2.75, 3.05) is 26.2 Å². The average molecular weight is 414 g/mol. The van der Waals surface area contributed by atoms with Gasteiger partial charge in [0, 0.05) is 49.5 Å². The number of H-pyrrole nitrogens is 1. The van der Waals surface area contributed by atoms with Crippen LogP contribution in [-0.4, -0.2) is 62.7 Å². The van der Waals surface area contributed by atoms with Gasteiger partial charge in [-0.15, -0.1) is 0 Å². The SMILES string of the molecule is O=C(c1cnccn1)N1CCN(C(=O)c2[nH]c3ccccc3c2Br)CC1. The zero-order valence-electron chi connectivity index (χ0n) is 13.9. The molecular weight excluding hydrogens is 398 g/mol. The Hall–Kier alpha value is -2.74. The fourth-order valence-electron chi connectivity index (χ4n) is 3.10. The van der Waals surface area contributed by atoms with Crippen LogP contribution in [-0.2, 0) is 0 Å². The Morgan fingerprint density at radius 3 is 2.35 bits per heavy atom. The van der Waals surface area contributed by atoms with Crippen molar-refractivity contribution in [3.05, 3.63) is 58.7 Å². The van der Waals surface area contributed by atoms with Crippen LogP contribution in [0.1, 0.15) is 21.0 Å². The van der Waals surface area contributed by atoms with E-state index in [9.17, 15) is 9.59 Å². The zero-order valence-corrected chi connectivity index (χ0v) is 15.4. The third-order valence-electron chi connectivity index (χ3n) is 4.49. The fourth-order valence-corrected chi connectivity index (χ4v) is 3.71. The van der Waals surface area contributed by atoms with Gasteiger partial charge in [-0.3, -0.25) is 14.6 Å². The minimum Gasteiger partial charge on any atom is -0.350 e. The molecule has 1 N–H and O–H groups in total. The normalized spacial score (nSPS) is 14.7. The van der Waals surface area contributed by atoms with Gasteiger partial charge in [0.15, 0.2) is 0 Å². The van der Waals surface area contributed by atoms with E-state index < -0.39 is 0 Å². The Morgan fingerprint density at radius 1 is 1.00 bits per heavy atom. The molecule has 3 heterocycles.